The molecular formula is C13H25NO2S. The molecule has 3 nitrogen and oxygen atoms in total. The Hall–Kier alpha value is 0.0700. The van der Waals surface area contributed by atoms with Gasteiger partial charge in [0.15, 0.2) is 0 Å². The molecule has 4 heteroatoms. The Morgan fingerprint density at radius 3 is 2.53 bits per heavy atom. The molecule has 0 aromatic carbocycles. The van der Waals surface area contributed by atoms with Gasteiger partial charge in [-0.05, 0) is 33.2 Å². The molecule has 0 radical (unpaired) electrons. The second kappa shape index (κ2) is 6.30. The molecule has 0 aromatic heterocycles. The average molecular weight is 259 g/mol. The van der Waals surface area contributed by atoms with Gasteiger partial charge in [-0.15, -0.1) is 0 Å². The first-order valence-electron chi connectivity index (χ1n) is 6.92. The number of ether oxygens (including phenoxy) is 1. The van der Waals surface area contributed by atoms with E-state index in [1.165, 1.54) is 25.7 Å². The van der Waals surface area contributed by atoms with Crippen LogP contribution in [0.2, 0.25) is 0 Å². The van der Waals surface area contributed by atoms with Gasteiger partial charge >= 0.3 is 0 Å². The average Bonchev–Trinajstić information content (AvgIpc) is 2.64. The van der Waals surface area contributed by atoms with Crippen LogP contribution in [0.25, 0.3) is 0 Å². The van der Waals surface area contributed by atoms with Crippen molar-refractivity contribution in [3.8, 4) is 0 Å². The zero-order valence-electron chi connectivity index (χ0n) is 11.0. The summed E-state index contributed by atoms with van der Waals surface area (Å²) in [6, 6.07) is 0.436. The van der Waals surface area contributed by atoms with Gasteiger partial charge in [-0.1, -0.05) is 19.3 Å². The Bertz CT molecular complexity index is 272. The zero-order chi connectivity index (χ0) is 12.3. The molecule has 100 valence electrons. The Labute approximate surface area is 107 Å². The van der Waals surface area contributed by atoms with Crippen LogP contribution in [0.5, 0.6) is 0 Å². The smallest absolute Gasteiger partial charge is 0.0691 e. The third kappa shape index (κ3) is 3.09. The fourth-order valence-corrected chi connectivity index (χ4v) is 5.35. The van der Waals surface area contributed by atoms with E-state index in [0.717, 1.165) is 19.4 Å². The lowest BCUT2D eigenvalue weighted by Gasteiger charge is -2.27. The van der Waals surface area contributed by atoms with Crippen molar-refractivity contribution in [2.24, 2.45) is 0 Å². The molecule has 1 saturated carbocycles. The van der Waals surface area contributed by atoms with E-state index in [-0.39, 0.29) is 11.4 Å². The van der Waals surface area contributed by atoms with Crippen molar-refractivity contribution >= 4 is 10.8 Å². The van der Waals surface area contributed by atoms with Crippen LogP contribution in [0.3, 0.4) is 0 Å². The van der Waals surface area contributed by atoms with Crippen LogP contribution >= 0.6 is 0 Å². The first kappa shape index (κ1) is 13.5. The molecule has 2 fully saturated rings. The van der Waals surface area contributed by atoms with Crippen molar-refractivity contribution < 1.29 is 8.95 Å². The van der Waals surface area contributed by atoms with E-state index in [9.17, 15) is 4.21 Å². The quantitative estimate of drug-likeness (QED) is 0.786. The number of hydrogen-bond donors (Lipinski definition) is 1. The van der Waals surface area contributed by atoms with Gasteiger partial charge in [0.25, 0.3) is 0 Å². The maximum Gasteiger partial charge on any atom is 0.0691 e. The van der Waals surface area contributed by atoms with Crippen molar-refractivity contribution in [1.82, 2.24) is 5.32 Å². The van der Waals surface area contributed by atoms with Gasteiger partial charge in [0.2, 0.25) is 0 Å². The van der Waals surface area contributed by atoms with Gasteiger partial charge < -0.3 is 10.1 Å². The highest BCUT2D eigenvalue weighted by Crippen LogP contribution is 2.28. The van der Waals surface area contributed by atoms with Gasteiger partial charge in [-0.2, -0.15) is 0 Å². The first-order valence-corrected chi connectivity index (χ1v) is 8.20. The van der Waals surface area contributed by atoms with E-state index in [1.807, 2.05) is 7.05 Å². The highest BCUT2D eigenvalue weighted by atomic mass is 32.2. The van der Waals surface area contributed by atoms with Crippen LogP contribution in [0.4, 0.5) is 0 Å². The molecule has 0 spiro atoms. The van der Waals surface area contributed by atoms with Crippen molar-refractivity contribution in [3.63, 3.8) is 0 Å². The van der Waals surface area contributed by atoms with Crippen LogP contribution in [-0.2, 0) is 15.5 Å². The van der Waals surface area contributed by atoms with Crippen LogP contribution < -0.4 is 5.32 Å². The third-order valence-electron chi connectivity index (χ3n) is 4.23. The SMILES string of the molecule is CNC1CCCCCC1S(=O)C1CCOC1C. The number of rotatable bonds is 3. The molecular weight excluding hydrogens is 234 g/mol. The van der Waals surface area contributed by atoms with E-state index >= 15 is 0 Å². The lowest BCUT2D eigenvalue weighted by molar-refractivity contribution is 0.126. The van der Waals surface area contributed by atoms with Crippen molar-refractivity contribution in [1.29, 1.82) is 0 Å². The van der Waals surface area contributed by atoms with Gasteiger partial charge in [0.1, 0.15) is 0 Å². The summed E-state index contributed by atoms with van der Waals surface area (Å²) < 4.78 is 18.3. The fourth-order valence-electron chi connectivity index (χ4n) is 3.12. The minimum absolute atomic E-state index is 0.177. The van der Waals surface area contributed by atoms with Gasteiger partial charge in [0, 0.05) is 23.4 Å². The molecule has 1 aliphatic heterocycles. The van der Waals surface area contributed by atoms with Crippen LogP contribution in [0.1, 0.15) is 45.4 Å². The molecule has 1 saturated heterocycles. The maximum atomic E-state index is 12.7. The topological polar surface area (TPSA) is 38.3 Å². The van der Waals surface area contributed by atoms with Gasteiger partial charge in [-0.25, -0.2) is 0 Å². The molecule has 2 aliphatic rings. The van der Waals surface area contributed by atoms with Gasteiger partial charge in [-0.3, -0.25) is 4.21 Å². The summed E-state index contributed by atoms with van der Waals surface area (Å²) in [5.41, 5.74) is 0. The largest absolute Gasteiger partial charge is 0.377 e. The summed E-state index contributed by atoms with van der Waals surface area (Å²) in [6.07, 6.45) is 7.24. The molecule has 17 heavy (non-hydrogen) atoms. The predicted molar refractivity (Wildman–Crippen MR) is 71.7 cm³/mol. The molecule has 0 aromatic rings. The van der Waals surface area contributed by atoms with E-state index in [0.29, 0.717) is 11.3 Å². The molecule has 1 N–H and O–H groups in total. The summed E-state index contributed by atoms with van der Waals surface area (Å²) >= 11 is 0. The summed E-state index contributed by atoms with van der Waals surface area (Å²) in [5, 5.41) is 3.97. The third-order valence-corrected chi connectivity index (χ3v) is 6.60. The molecule has 0 bridgehead atoms. The second-order valence-electron chi connectivity index (χ2n) is 5.30. The molecule has 1 heterocycles. The minimum atomic E-state index is -0.740. The maximum absolute atomic E-state index is 12.7. The molecule has 2 rings (SSSR count). The molecule has 5 atom stereocenters. The van der Waals surface area contributed by atoms with Crippen molar-refractivity contribution in [2.45, 2.75) is 68.1 Å². The standard InChI is InChI=1S/C13H25NO2S/c1-10-12(8-9-16-10)17(15)13-7-5-3-4-6-11(13)14-2/h10-14H,3-9H2,1-2H3. The highest BCUT2D eigenvalue weighted by molar-refractivity contribution is 7.86. The Balaban J connectivity index is 2.04. The first-order chi connectivity index (χ1) is 8.24. The predicted octanol–water partition coefficient (Wildman–Crippen LogP) is 1.83. The zero-order valence-corrected chi connectivity index (χ0v) is 11.8. The van der Waals surface area contributed by atoms with Crippen LogP contribution in [-0.4, -0.2) is 40.5 Å². The Morgan fingerprint density at radius 2 is 1.88 bits per heavy atom. The summed E-state index contributed by atoms with van der Waals surface area (Å²) in [6.45, 7) is 2.86. The van der Waals surface area contributed by atoms with E-state index in [4.69, 9.17) is 4.74 Å². The fraction of sp³-hybridized carbons (Fsp3) is 1.00. The Kier molecular flexibility index (Phi) is 5.00. The lowest BCUT2D eigenvalue weighted by atomic mass is 10.1. The number of nitrogens with one attached hydrogen (secondary N) is 1. The van der Waals surface area contributed by atoms with Gasteiger partial charge in [0.05, 0.1) is 16.6 Å². The summed E-state index contributed by atoms with van der Waals surface area (Å²) in [7, 11) is 1.27. The van der Waals surface area contributed by atoms with E-state index in [1.54, 1.807) is 0 Å². The Morgan fingerprint density at radius 1 is 1.12 bits per heavy atom. The van der Waals surface area contributed by atoms with Crippen molar-refractivity contribution in [2.75, 3.05) is 13.7 Å². The van der Waals surface area contributed by atoms with Crippen LogP contribution in [0.15, 0.2) is 0 Å². The monoisotopic (exact) mass is 259 g/mol. The van der Waals surface area contributed by atoms with Crippen LogP contribution in [0, 0.1) is 0 Å². The molecule has 0 amide bonds. The molecule has 5 unspecified atom stereocenters. The van der Waals surface area contributed by atoms with E-state index < -0.39 is 10.8 Å². The number of hydrogen-bond acceptors (Lipinski definition) is 3. The van der Waals surface area contributed by atoms with Crippen molar-refractivity contribution in [3.05, 3.63) is 0 Å². The molecule has 1 aliphatic carbocycles. The summed E-state index contributed by atoms with van der Waals surface area (Å²) in [4.78, 5) is 0. The minimum Gasteiger partial charge on any atom is -0.377 e. The van der Waals surface area contributed by atoms with E-state index in [2.05, 4.69) is 12.2 Å². The lowest BCUT2D eigenvalue weighted by Crippen LogP contribution is -2.43. The highest BCUT2D eigenvalue weighted by Gasteiger charge is 2.37. The second-order valence-corrected chi connectivity index (χ2v) is 7.17. The normalized spacial score (nSPS) is 41.1. The summed E-state index contributed by atoms with van der Waals surface area (Å²) in [5.74, 6) is 0.